The van der Waals surface area contributed by atoms with E-state index in [0.29, 0.717) is 17.2 Å². The fraction of sp³-hybridized carbons (Fsp3) is 0.176. The third kappa shape index (κ3) is 3.89. The van der Waals surface area contributed by atoms with Crippen molar-refractivity contribution >= 4 is 28.7 Å². The van der Waals surface area contributed by atoms with Crippen LogP contribution in [0.1, 0.15) is 19.5 Å². The van der Waals surface area contributed by atoms with Gasteiger partial charge in [0.15, 0.2) is 0 Å². The van der Waals surface area contributed by atoms with Crippen LogP contribution in [0, 0.1) is 10.1 Å². The van der Waals surface area contributed by atoms with Gasteiger partial charge in [-0.05, 0) is 36.8 Å². The van der Waals surface area contributed by atoms with Crippen LogP contribution in [0.2, 0.25) is 0 Å². The molecular formula is C17H19N7O2. The minimum atomic E-state index is -0.469. The number of nitrogen functional groups attached to an aromatic ring is 1. The predicted molar refractivity (Wildman–Crippen MR) is 100 cm³/mol. The quantitative estimate of drug-likeness (QED) is 0.337. The summed E-state index contributed by atoms with van der Waals surface area (Å²) in [5.74, 6) is 0.680. The molecule has 0 bridgehead atoms. The van der Waals surface area contributed by atoms with Crippen LogP contribution in [-0.2, 0) is 0 Å². The molecule has 26 heavy (non-hydrogen) atoms. The van der Waals surface area contributed by atoms with E-state index >= 15 is 0 Å². The summed E-state index contributed by atoms with van der Waals surface area (Å²) in [6, 6.07) is 9.91. The first-order valence-electron chi connectivity index (χ1n) is 8.09. The predicted octanol–water partition coefficient (Wildman–Crippen LogP) is 3.53. The van der Waals surface area contributed by atoms with E-state index in [4.69, 9.17) is 5.73 Å². The largest absolute Gasteiger partial charge is 0.399 e. The van der Waals surface area contributed by atoms with Gasteiger partial charge in [-0.25, -0.2) is 9.97 Å². The van der Waals surface area contributed by atoms with Crippen LogP contribution in [-0.4, -0.2) is 19.5 Å². The molecule has 2 heterocycles. The number of hydrogen-bond acceptors (Lipinski definition) is 7. The number of nitrogens with two attached hydrogens (primary N) is 1. The summed E-state index contributed by atoms with van der Waals surface area (Å²) < 4.78 is 1.91. The number of nitrogens with zero attached hydrogens (tertiary/aromatic N) is 4. The van der Waals surface area contributed by atoms with Crippen LogP contribution in [0.4, 0.5) is 28.7 Å². The molecule has 0 aliphatic carbocycles. The number of hydrogen-bond donors (Lipinski definition) is 3. The molecule has 0 aliphatic rings. The summed E-state index contributed by atoms with van der Waals surface area (Å²) in [5.41, 5.74) is 6.83. The zero-order valence-corrected chi connectivity index (χ0v) is 14.2. The van der Waals surface area contributed by atoms with Crippen molar-refractivity contribution in [3.8, 4) is 0 Å². The maximum atomic E-state index is 11.3. The molecule has 0 saturated heterocycles. The minimum Gasteiger partial charge on any atom is -0.399 e. The van der Waals surface area contributed by atoms with Gasteiger partial charge in [-0.2, -0.15) is 0 Å². The lowest BCUT2D eigenvalue weighted by atomic mass is 10.2. The van der Waals surface area contributed by atoms with Gasteiger partial charge in [-0.1, -0.05) is 6.92 Å². The van der Waals surface area contributed by atoms with Crippen molar-refractivity contribution in [1.29, 1.82) is 0 Å². The summed E-state index contributed by atoms with van der Waals surface area (Å²) in [6.45, 7) is 2.02. The Kier molecular flexibility index (Phi) is 4.97. The molecule has 0 radical (unpaired) electrons. The van der Waals surface area contributed by atoms with Gasteiger partial charge >= 0.3 is 5.69 Å². The van der Waals surface area contributed by atoms with E-state index in [9.17, 15) is 10.1 Å². The molecule has 1 atom stereocenters. The summed E-state index contributed by atoms with van der Waals surface area (Å²) >= 11 is 0. The molecule has 3 rings (SSSR count). The van der Waals surface area contributed by atoms with Gasteiger partial charge in [0.25, 0.3) is 0 Å². The lowest BCUT2D eigenvalue weighted by molar-refractivity contribution is -0.384. The normalized spacial score (nSPS) is 11.7. The van der Waals surface area contributed by atoms with Gasteiger partial charge in [0.1, 0.15) is 12.0 Å². The van der Waals surface area contributed by atoms with E-state index in [1.807, 2.05) is 17.7 Å². The van der Waals surface area contributed by atoms with Gasteiger partial charge in [0.2, 0.25) is 5.82 Å². The fourth-order valence-corrected chi connectivity index (χ4v) is 2.49. The number of imidazole rings is 1. The second-order valence-electron chi connectivity index (χ2n) is 5.65. The van der Waals surface area contributed by atoms with Crippen LogP contribution in [0.15, 0.2) is 55.1 Å². The van der Waals surface area contributed by atoms with Crippen molar-refractivity contribution < 1.29 is 4.92 Å². The molecule has 0 spiro atoms. The average molecular weight is 353 g/mol. The van der Waals surface area contributed by atoms with Crippen molar-refractivity contribution in [3.05, 3.63) is 65.2 Å². The number of aromatic nitrogens is 3. The van der Waals surface area contributed by atoms with Crippen LogP contribution in [0.25, 0.3) is 0 Å². The highest BCUT2D eigenvalue weighted by molar-refractivity contribution is 5.68. The van der Waals surface area contributed by atoms with Crippen LogP contribution in [0.5, 0.6) is 0 Å². The Morgan fingerprint density at radius 3 is 2.65 bits per heavy atom. The van der Waals surface area contributed by atoms with Gasteiger partial charge in [0.05, 0.1) is 11.3 Å². The van der Waals surface area contributed by atoms with Crippen LogP contribution >= 0.6 is 0 Å². The number of rotatable bonds is 7. The zero-order valence-electron chi connectivity index (χ0n) is 14.2. The summed E-state index contributed by atoms with van der Waals surface area (Å²) in [7, 11) is 0. The molecule has 1 aromatic carbocycles. The number of pyridine rings is 1. The maximum Gasteiger partial charge on any atom is 0.311 e. The number of nitrogens with one attached hydrogen (secondary N) is 2. The summed E-state index contributed by atoms with van der Waals surface area (Å²) in [4.78, 5) is 19.3. The second-order valence-corrected chi connectivity index (χ2v) is 5.65. The van der Waals surface area contributed by atoms with Crippen molar-refractivity contribution in [2.45, 2.75) is 19.5 Å². The van der Waals surface area contributed by atoms with E-state index in [-0.39, 0.29) is 17.7 Å². The second kappa shape index (κ2) is 7.51. The molecule has 134 valence electrons. The monoisotopic (exact) mass is 353 g/mol. The summed E-state index contributed by atoms with van der Waals surface area (Å²) in [5, 5.41) is 17.6. The Bertz CT molecular complexity index is 879. The molecule has 2 aromatic heterocycles. The first-order valence-corrected chi connectivity index (χ1v) is 8.09. The third-order valence-corrected chi connectivity index (χ3v) is 3.83. The van der Waals surface area contributed by atoms with Crippen LogP contribution < -0.4 is 16.4 Å². The molecule has 0 saturated carbocycles. The first kappa shape index (κ1) is 17.2. The molecule has 9 heteroatoms. The Balaban J connectivity index is 1.88. The topological polar surface area (TPSA) is 124 Å². The molecule has 0 aliphatic heterocycles. The number of benzene rings is 1. The maximum absolute atomic E-state index is 11.3. The summed E-state index contributed by atoms with van der Waals surface area (Å²) in [6.07, 6.45) is 5.98. The molecule has 0 amide bonds. The highest BCUT2D eigenvalue weighted by Gasteiger charge is 2.18. The number of nitro groups is 1. The smallest absolute Gasteiger partial charge is 0.311 e. The van der Waals surface area contributed by atoms with Gasteiger partial charge < -0.3 is 20.9 Å². The Morgan fingerprint density at radius 2 is 2.04 bits per heavy atom. The van der Waals surface area contributed by atoms with Crippen molar-refractivity contribution in [2.75, 3.05) is 16.4 Å². The Hall–Kier alpha value is -3.62. The van der Waals surface area contributed by atoms with Gasteiger partial charge in [0, 0.05) is 29.8 Å². The minimum absolute atomic E-state index is 0.0594. The first-order chi connectivity index (χ1) is 12.6. The average Bonchev–Trinajstić information content (AvgIpc) is 3.16. The van der Waals surface area contributed by atoms with E-state index in [1.54, 1.807) is 42.9 Å². The molecule has 0 fully saturated rings. The zero-order chi connectivity index (χ0) is 18.5. The van der Waals surface area contributed by atoms with E-state index < -0.39 is 4.92 Å². The molecule has 1 unspecified atom stereocenters. The number of anilines is 4. The standard InChI is InChI=1S/C17H19N7O2/c1-2-16(23-10-9-19-11-23)21-15-8-7-14(24(25)26)17(22-15)20-13-5-3-12(18)4-6-13/h3-11,16H,2,18H2,1H3,(H2,20,21,22). The third-order valence-electron chi connectivity index (χ3n) is 3.83. The van der Waals surface area contributed by atoms with Crippen molar-refractivity contribution in [2.24, 2.45) is 0 Å². The van der Waals surface area contributed by atoms with E-state index in [1.165, 1.54) is 6.07 Å². The van der Waals surface area contributed by atoms with Gasteiger partial charge in [-0.15, -0.1) is 0 Å². The molecule has 9 nitrogen and oxygen atoms in total. The van der Waals surface area contributed by atoms with Crippen molar-refractivity contribution in [3.63, 3.8) is 0 Å². The highest BCUT2D eigenvalue weighted by Crippen LogP contribution is 2.28. The van der Waals surface area contributed by atoms with Gasteiger partial charge in [-0.3, -0.25) is 10.1 Å². The Morgan fingerprint density at radius 1 is 1.27 bits per heavy atom. The fourth-order valence-electron chi connectivity index (χ4n) is 2.49. The SMILES string of the molecule is CCC(Nc1ccc([N+](=O)[O-])c(Nc2ccc(N)cc2)n1)n1ccnc1. The molecule has 3 aromatic rings. The van der Waals surface area contributed by atoms with Crippen LogP contribution in [0.3, 0.4) is 0 Å². The van der Waals surface area contributed by atoms with E-state index in [2.05, 4.69) is 20.6 Å². The Labute approximate surface area is 150 Å². The van der Waals surface area contributed by atoms with Crippen molar-refractivity contribution in [1.82, 2.24) is 14.5 Å². The highest BCUT2D eigenvalue weighted by atomic mass is 16.6. The molecular weight excluding hydrogens is 334 g/mol. The lowest BCUT2D eigenvalue weighted by Crippen LogP contribution is -2.17. The van der Waals surface area contributed by atoms with E-state index in [0.717, 1.165) is 6.42 Å². The molecule has 4 N–H and O–H groups in total. The lowest BCUT2D eigenvalue weighted by Gasteiger charge is -2.19.